The predicted octanol–water partition coefficient (Wildman–Crippen LogP) is 15.0. The van der Waals surface area contributed by atoms with Crippen LogP contribution in [0.1, 0.15) is 0 Å². The van der Waals surface area contributed by atoms with Crippen molar-refractivity contribution in [1.82, 2.24) is 19.1 Å². The summed E-state index contributed by atoms with van der Waals surface area (Å²) >= 11 is 0. The molecule has 0 saturated carbocycles. The Hall–Kier alpha value is -8.34. The summed E-state index contributed by atoms with van der Waals surface area (Å²) in [5.74, 6) is 0.644. The Bertz CT molecular complexity index is 3600. The minimum absolute atomic E-state index is 0.644. The average molecular weight is 791 g/mol. The Balaban J connectivity index is 0.910. The van der Waals surface area contributed by atoms with E-state index < -0.39 is 0 Å². The van der Waals surface area contributed by atoms with Crippen LogP contribution in [0.2, 0.25) is 0 Å². The monoisotopic (exact) mass is 790 g/mol. The van der Waals surface area contributed by atoms with Crippen LogP contribution >= 0.6 is 0 Å². The Morgan fingerprint density at radius 2 is 0.694 bits per heavy atom. The Kier molecular flexibility index (Phi) is 8.46. The van der Waals surface area contributed by atoms with Gasteiger partial charge in [0.25, 0.3) is 0 Å². The van der Waals surface area contributed by atoms with E-state index in [1.54, 1.807) is 0 Å². The molecule has 0 bridgehead atoms. The smallest absolute Gasteiger partial charge is 0.235 e. The Morgan fingerprint density at radius 1 is 0.274 bits per heavy atom. The summed E-state index contributed by atoms with van der Waals surface area (Å²) < 4.78 is 4.58. The molecule has 0 spiro atoms. The highest BCUT2D eigenvalue weighted by atomic mass is 15.2. The van der Waals surface area contributed by atoms with E-state index in [-0.39, 0.29) is 0 Å². The first-order valence-electron chi connectivity index (χ1n) is 21.1. The van der Waals surface area contributed by atoms with Gasteiger partial charge in [0.1, 0.15) is 0 Å². The lowest BCUT2D eigenvalue weighted by Gasteiger charge is -2.10. The predicted molar refractivity (Wildman–Crippen MR) is 258 cm³/mol. The van der Waals surface area contributed by atoms with Crippen LogP contribution in [0.4, 0.5) is 0 Å². The van der Waals surface area contributed by atoms with Gasteiger partial charge in [-0.2, -0.15) is 0 Å². The first-order valence-corrected chi connectivity index (χ1v) is 21.1. The van der Waals surface area contributed by atoms with E-state index in [4.69, 9.17) is 9.97 Å². The number of nitrogens with zero attached hydrogens (tertiary/aromatic N) is 4. The summed E-state index contributed by atoms with van der Waals surface area (Å²) in [6.07, 6.45) is 1.87. The number of benzene rings is 9. The number of fused-ring (bicyclic) bond motifs is 6. The number of hydrogen-bond donors (Lipinski definition) is 0. The summed E-state index contributed by atoms with van der Waals surface area (Å²) in [7, 11) is 0. The standard InChI is InChI=1S/C58H38N4/c1-3-12-39(13-4-1)41-22-24-43(25-23-41)44-16-11-17-47(36-44)53-34-35-59-58(60-53)62-55-21-10-8-19-50(55)52-38-46(29-33-57(52)62)45-28-32-56-51(37-45)49-18-7-9-20-54(49)61(56)48-30-26-42(27-31-48)40-14-5-2-6-15-40/h1-38H. The fraction of sp³-hybridized carbons (Fsp3) is 0. The zero-order valence-corrected chi connectivity index (χ0v) is 33.7. The minimum Gasteiger partial charge on any atom is -0.309 e. The molecule has 0 aliphatic heterocycles. The molecule has 0 aliphatic rings. The molecule has 62 heavy (non-hydrogen) atoms. The van der Waals surface area contributed by atoms with Crippen LogP contribution in [0.5, 0.6) is 0 Å². The molecule has 0 radical (unpaired) electrons. The molecule has 3 aromatic heterocycles. The maximum atomic E-state index is 5.21. The molecule has 12 rings (SSSR count). The van der Waals surface area contributed by atoms with Crippen molar-refractivity contribution in [2.24, 2.45) is 0 Å². The highest BCUT2D eigenvalue weighted by molar-refractivity contribution is 6.12. The zero-order chi connectivity index (χ0) is 41.0. The molecule has 290 valence electrons. The first kappa shape index (κ1) is 35.6. The molecule has 0 saturated heterocycles. The second kappa shape index (κ2) is 14.7. The van der Waals surface area contributed by atoms with Gasteiger partial charge in [-0.3, -0.25) is 4.57 Å². The van der Waals surface area contributed by atoms with Gasteiger partial charge in [-0.1, -0.05) is 164 Å². The average Bonchev–Trinajstić information content (AvgIpc) is 3.87. The number of hydrogen-bond acceptors (Lipinski definition) is 2. The summed E-state index contributed by atoms with van der Waals surface area (Å²) in [4.78, 5) is 10.1. The largest absolute Gasteiger partial charge is 0.309 e. The van der Waals surface area contributed by atoms with Crippen molar-refractivity contribution < 1.29 is 0 Å². The van der Waals surface area contributed by atoms with E-state index >= 15 is 0 Å². The summed E-state index contributed by atoms with van der Waals surface area (Å²) in [6.45, 7) is 0. The molecule has 12 aromatic rings. The van der Waals surface area contributed by atoms with Gasteiger partial charge in [-0.15, -0.1) is 0 Å². The normalized spacial score (nSPS) is 11.5. The van der Waals surface area contributed by atoms with Gasteiger partial charge < -0.3 is 4.57 Å². The zero-order valence-electron chi connectivity index (χ0n) is 33.7. The molecule has 0 fully saturated rings. The quantitative estimate of drug-likeness (QED) is 0.161. The third-order valence-corrected chi connectivity index (χ3v) is 12.2. The molecule has 9 aromatic carbocycles. The van der Waals surface area contributed by atoms with E-state index in [9.17, 15) is 0 Å². The van der Waals surface area contributed by atoms with E-state index in [1.165, 1.54) is 49.6 Å². The molecular weight excluding hydrogens is 753 g/mol. The van der Waals surface area contributed by atoms with E-state index in [1.807, 2.05) is 12.3 Å². The van der Waals surface area contributed by atoms with E-state index in [0.29, 0.717) is 5.95 Å². The van der Waals surface area contributed by atoms with Gasteiger partial charge in [0.05, 0.1) is 27.8 Å². The van der Waals surface area contributed by atoms with Crippen LogP contribution in [0, 0.1) is 0 Å². The molecule has 3 heterocycles. The first-order chi connectivity index (χ1) is 30.7. The molecule has 0 amide bonds. The van der Waals surface area contributed by atoms with Crippen molar-refractivity contribution in [3.8, 4) is 67.4 Å². The van der Waals surface area contributed by atoms with Gasteiger partial charge in [0, 0.05) is 39.0 Å². The fourth-order valence-electron chi connectivity index (χ4n) is 9.19. The van der Waals surface area contributed by atoms with Crippen LogP contribution in [0.25, 0.3) is 111 Å². The van der Waals surface area contributed by atoms with Crippen LogP contribution < -0.4 is 0 Å². The van der Waals surface area contributed by atoms with Gasteiger partial charge in [0.15, 0.2) is 0 Å². The molecule has 0 aliphatic carbocycles. The van der Waals surface area contributed by atoms with Crippen molar-refractivity contribution in [3.05, 3.63) is 231 Å². The van der Waals surface area contributed by atoms with Gasteiger partial charge >= 0.3 is 0 Å². The van der Waals surface area contributed by atoms with Crippen LogP contribution in [0.3, 0.4) is 0 Å². The molecular formula is C58H38N4. The van der Waals surface area contributed by atoms with Gasteiger partial charge in [-0.25, -0.2) is 9.97 Å². The fourth-order valence-corrected chi connectivity index (χ4v) is 9.19. The summed E-state index contributed by atoms with van der Waals surface area (Å²) in [5, 5.41) is 4.79. The summed E-state index contributed by atoms with van der Waals surface area (Å²) in [6, 6.07) is 80.3. The minimum atomic E-state index is 0.644. The second-order valence-corrected chi connectivity index (χ2v) is 15.8. The Labute approximate surface area is 359 Å². The Morgan fingerprint density at radius 3 is 1.31 bits per heavy atom. The third-order valence-electron chi connectivity index (χ3n) is 12.2. The van der Waals surface area contributed by atoms with Crippen molar-refractivity contribution in [3.63, 3.8) is 0 Å². The SMILES string of the molecule is c1ccc(-c2ccc(-c3cccc(-c4ccnc(-n5c6ccccc6c6cc(-c7ccc8c(c7)c7ccccc7n8-c7ccc(-c8ccccc8)cc7)ccc65)n4)c3)cc2)cc1. The molecule has 0 unspecified atom stereocenters. The van der Waals surface area contributed by atoms with Crippen molar-refractivity contribution in [2.45, 2.75) is 0 Å². The van der Waals surface area contributed by atoms with E-state index in [0.717, 1.165) is 55.4 Å². The van der Waals surface area contributed by atoms with E-state index in [2.05, 4.69) is 228 Å². The van der Waals surface area contributed by atoms with Crippen molar-refractivity contribution >= 4 is 43.6 Å². The molecule has 0 atom stereocenters. The molecule has 0 N–H and O–H groups in total. The second-order valence-electron chi connectivity index (χ2n) is 15.8. The summed E-state index contributed by atoms with van der Waals surface area (Å²) in [5.41, 5.74) is 17.1. The van der Waals surface area contributed by atoms with Crippen LogP contribution in [-0.2, 0) is 0 Å². The number of aromatic nitrogens is 4. The number of para-hydroxylation sites is 2. The lowest BCUT2D eigenvalue weighted by molar-refractivity contribution is 0.992. The van der Waals surface area contributed by atoms with Crippen molar-refractivity contribution in [1.29, 1.82) is 0 Å². The third kappa shape index (κ3) is 6.08. The lowest BCUT2D eigenvalue weighted by atomic mass is 9.98. The van der Waals surface area contributed by atoms with Crippen LogP contribution in [0.15, 0.2) is 231 Å². The number of rotatable bonds is 7. The van der Waals surface area contributed by atoms with Gasteiger partial charge in [-0.05, 0) is 105 Å². The highest BCUT2D eigenvalue weighted by Gasteiger charge is 2.18. The molecule has 4 nitrogen and oxygen atoms in total. The topological polar surface area (TPSA) is 35.6 Å². The maximum absolute atomic E-state index is 5.21. The highest BCUT2D eigenvalue weighted by Crippen LogP contribution is 2.39. The van der Waals surface area contributed by atoms with Crippen molar-refractivity contribution in [2.75, 3.05) is 0 Å². The van der Waals surface area contributed by atoms with Crippen LogP contribution in [-0.4, -0.2) is 19.1 Å². The molecule has 4 heteroatoms. The van der Waals surface area contributed by atoms with Gasteiger partial charge in [0.2, 0.25) is 5.95 Å². The maximum Gasteiger partial charge on any atom is 0.235 e. The lowest BCUT2D eigenvalue weighted by Crippen LogP contribution is -2.01.